The molecular weight excluding hydrogens is 487 g/mol. The van der Waals surface area contributed by atoms with Crippen molar-refractivity contribution in [2.75, 3.05) is 31.9 Å². The number of ether oxygens (including phenoxy) is 1. The Hall–Kier alpha value is -2.34. The maximum Gasteiger partial charge on any atom is 0.490 e. The van der Waals surface area contributed by atoms with Crippen LogP contribution in [0.15, 0.2) is 5.38 Å². The van der Waals surface area contributed by atoms with Gasteiger partial charge in [-0.1, -0.05) is 0 Å². The summed E-state index contributed by atoms with van der Waals surface area (Å²) in [6.45, 7) is 9.30. The molecule has 8 nitrogen and oxygen atoms in total. The number of carboxylic acids is 1. The van der Waals surface area contributed by atoms with Crippen molar-refractivity contribution in [3.63, 3.8) is 0 Å². The first kappa shape index (κ1) is 27.3. The lowest BCUT2D eigenvalue weighted by Crippen LogP contribution is -2.53. The van der Waals surface area contributed by atoms with Crippen molar-refractivity contribution in [3.8, 4) is 0 Å². The number of alkyl halides is 3. The van der Waals surface area contributed by atoms with Crippen LogP contribution in [0.2, 0.25) is 0 Å². The minimum atomic E-state index is -5.08. The molecule has 3 N–H and O–H groups in total. The summed E-state index contributed by atoms with van der Waals surface area (Å²) in [5.74, 6) is -2.71. The molecule has 1 aromatic heterocycles. The Morgan fingerprint density at radius 2 is 1.83 bits per heavy atom. The number of carbonyl (C=O) groups is 3. The molecule has 0 saturated carbocycles. The van der Waals surface area contributed by atoms with E-state index in [2.05, 4.69) is 4.90 Å². The Bertz CT molecular complexity index is 953. The smallest absolute Gasteiger partial charge is 0.475 e. The van der Waals surface area contributed by atoms with Gasteiger partial charge in [-0.05, 0) is 63.9 Å². The van der Waals surface area contributed by atoms with E-state index in [0.717, 1.165) is 63.8 Å². The van der Waals surface area contributed by atoms with E-state index in [-0.39, 0.29) is 22.9 Å². The molecule has 0 aliphatic carbocycles. The van der Waals surface area contributed by atoms with E-state index in [9.17, 15) is 22.8 Å². The van der Waals surface area contributed by atoms with Crippen molar-refractivity contribution in [2.45, 2.75) is 70.7 Å². The number of nitrogens with zero attached hydrogens (tertiary/aromatic N) is 2. The van der Waals surface area contributed by atoms with Gasteiger partial charge >= 0.3 is 18.1 Å². The van der Waals surface area contributed by atoms with E-state index >= 15 is 0 Å². The van der Waals surface area contributed by atoms with Gasteiger partial charge in [-0.25, -0.2) is 4.79 Å². The molecule has 4 heterocycles. The average molecular weight is 520 g/mol. The summed E-state index contributed by atoms with van der Waals surface area (Å²) in [4.78, 5) is 38.8. The van der Waals surface area contributed by atoms with Crippen LogP contribution in [0, 0.1) is 12.3 Å². The Morgan fingerprint density at radius 1 is 1.23 bits per heavy atom. The quantitative estimate of drug-likeness (QED) is 0.573. The first-order valence-corrected chi connectivity index (χ1v) is 12.4. The second-order valence-electron chi connectivity index (χ2n) is 10.2. The minimum Gasteiger partial charge on any atom is -0.475 e. The van der Waals surface area contributed by atoms with Crippen molar-refractivity contribution in [1.29, 1.82) is 0 Å². The van der Waals surface area contributed by atoms with Gasteiger partial charge in [-0.3, -0.25) is 14.5 Å². The largest absolute Gasteiger partial charge is 0.490 e. The van der Waals surface area contributed by atoms with Gasteiger partial charge in [0.15, 0.2) is 0 Å². The van der Waals surface area contributed by atoms with Gasteiger partial charge in [-0.15, -0.1) is 11.3 Å². The van der Waals surface area contributed by atoms with Gasteiger partial charge in [0.25, 0.3) is 5.91 Å². The topological polar surface area (TPSA) is 113 Å². The lowest BCUT2D eigenvalue weighted by molar-refractivity contribution is -0.192. The van der Waals surface area contributed by atoms with Crippen molar-refractivity contribution >= 4 is 34.2 Å². The number of hydrogen-bond donors (Lipinski definition) is 2. The first-order chi connectivity index (χ1) is 16.2. The monoisotopic (exact) mass is 519 g/mol. The number of anilines is 1. The van der Waals surface area contributed by atoms with Crippen LogP contribution >= 0.6 is 11.3 Å². The third-order valence-electron chi connectivity index (χ3n) is 6.90. The third-order valence-corrected chi connectivity index (χ3v) is 7.83. The number of nitrogens with two attached hydrogens (primary N) is 1. The highest BCUT2D eigenvalue weighted by molar-refractivity contribution is 7.14. The molecule has 1 unspecified atom stereocenters. The standard InChI is InChI=1S/C21H31N3O3S.C2HF3O2/c1-14-11-28-17(22)16(14)18(25)23-9-5-15(6-10-23)24-8-4-7-21(13-24)12-20(2,3)27-19(21)26;3-2(4,5)1(6)7/h11,15H,4-10,12-13,22H2,1-3H3;(H,6,7). The number of nitrogen functional groups attached to an aromatic ring is 1. The zero-order chi connectivity index (χ0) is 26.2. The molecule has 1 spiro atoms. The molecule has 196 valence electrons. The molecule has 0 aromatic carbocycles. The number of piperidine rings is 2. The predicted molar refractivity (Wildman–Crippen MR) is 124 cm³/mol. The number of rotatable bonds is 2. The molecule has 3 aliphatic rings. The molecule has 1 atom stereocenters. The van der Waals surface area contributed by atoms with Gasteiger partial charge in [-0.2, -0.15) is 13.2 Å². The van der Waals surface area contributed by atoms with E-state index in [1.165, 1.54) is 11.3 Å². The predicted octanol–water partition coefficient (Wildman–Crippen LogP) is 3.68. The zero-order valence-corrected chi connectivity index (χ0v) is 20.9. The van der Waals surface area contributed by atoms with Crippen LogP contribution in [0.25, 0.3) is 0 Å². The van der Waals surface area contributed by atoms with Gasteiger partial charge < -0.3 is 20.5 Å². The molecule has 0 bridgehead atoms. The highest BCUT2D eigenvalue weighted by Gasteiger charge is 2.54. The second kappa shape index (κ2) is 9.96. The molecule has 0 radical (unpaired) electrons. The van der Waals surface area contributed by atoms with Crippen LogP contribution in [-0.2, 0) is 14.3 Å². The highest BCUT2D eigenvalue weighted by atomic mass is 32.1. The lowest BCUT2D eigenvalue weighted by atomic mass is 9.74. The van der Waals surface area contributed by atoms with E-state index in [1.807, 2.05) is 31.1 Å². The Balaban J connectivity index is 0.000000429. The van der Waals surface area contributed by atoms with E-state index in [4.69, 9.17) is 20.4 Å². The number of halogens is 3. The summed E-state index contributed by atoms with van der Waals surface area (Å²) in [7, 11) is 0. The molecule has 3 fully saturated rings. The zero-order valence-electron chi connectivity index (χ0n) is 20.1. The Kier molecular flexibility index (Phi) is 7.76. The fraction of sp³-hybridized carbons (Fsp3) is 0.696. The van der Waals surface area contributed by atoms with E-state index in [0.29, 0.717) is 16.6 Å². The summed E-state index contributed by atoms with van der Waals surface area (Å²) < 4.78 is 37.4. The van der Waals surface area contributed by atoms with Gasteiger partial charge in [0.1, 0.15) is 5.60 Å². The Labute approximate surface area is 206 Å². The lowest BCUT2D eigenvalue weighted by Gasteiger charge is -2.44. The number of aryl methyl sites for hydroxylation is 1. The van der Waals surface area contributed by atoms with E-state index in [1.54, 1.807) is 0 Å². The summed E-state index contributed by atoms with van der Waals surface area (Å²) in [6, 6.07) is 0.429. The molecule has 4 rings (SSSR count). The van der Waals surface area contributed by atoms with Crippen molar-refractivity contribution < 1.29 is 37.4 Å². The second-order valence-corrected chi connectivity index (χ2v) is 11.1. The third kappa shape index (κ3) is 6.08. The number of amides is 1. The van der Waals surface area contributed by atoms with Crippen molar-refractivity contribution in [2.24, 2.45) is 5.41 Å². The SMILES string of the molecule is Cc1csc(N)c1C(=O)N1CCC(N2CCCC3(C2)CC(C)(C)OC3=O)CC1.O=C(O)C(F)(F)F. The number of cyclic esters (lactones) is 1. The maximum absolute atomic E-state index is 12.9. The van der Waals surface area contributed by atoms with Crippen molar-refractivity contribution in [3.05, 3.63) is 16.5 Å². The fourth-order valence-electron chi connectivity index (χ4n) is 5.40. The number of likely N-dealkylation sites (tertiary alicyclic amines) is 2. The maximum atomic E-state index is 12.9. The van der Waals surface area contributed by atoms with Gasteiger partial charge in [0.05, 0.1) is 16.0 Å². The molecule has 3 saturated heterocycles. The van der Waals surface area contributed by atoms with Crippen LogP contribution < -0.4 is 5.73 Å². The first-order valence-electron chi connectivity index (χ1n) is 11.6. The molecular formula is C23H32F3N3O5S. The van der Waals surface area contributed by atoms with Crippen LogP contribution in [0.4, 0.5) is 18.2 Å². The van der Waals surface area contributed by atoms with Crippen molar-refractivity contribution in [1.82, 2.24) is 9.80 Å². The summed E-state index contributed by atoms with van der Waals surface area (Å²) in [5, 5.41) is 9.69. The summed E-state index contributed by atoms with van der Waals surface area (Å²) >= 11 is 1.44. The molecule has 1 amide bonds. The van der Waals surface area contributed by atoms with Gasteiger partial charge in [0, 0.05) is 32.1 Å². The van der Waals surface area contributed by atoms with Crippen LogP contribution in [0.3, 0.4) is 0 Å². The highest BCUT2D eigenvalue weighted by Crippen LogP contribution is 2.46. The van der Waals surface area contributed by atoms with Gasteiger partial charge in [0.2, 0.25) is 0 Å². The molecule has 35 heavy (non-hydrogen) atoms. The van der Waals surface area contributed by atoms with E-state index < -0.39 is 12.1 Å². The molecule has 1 aromatic rings. The number of hydrogen-bond acceptors (Lipinski definition) is 7. The normalized spacial score (nSPS) is 25.2. The summed E-state index contributed by atoms with van der Waals surface area (Å²) in [5.41, 5.74) is 6.97. The number of carbonyl (C=O) groups excluding carboxylic acids is 2. The Morgan fingerprint density at radius 3 is 2.29 bits per heavy atom. The number of thiophene rings is 1. The molecule has 12 heteroatoms. The number of esters is 1. The number of aliphatic carboxylic acids is 1. The number of carboxylic acid groups (broad SMARTS) is 1. The molecule has 3 aliphatic heterocycles. The minimum absolute atomic E-state index is 0.0155. The average Bonchev–Trinajstić information content (AvgIpc) is 3.21. The van der Waals surface area contributed by atoms with Crippen LogP contribution in [0.5, 0.6) is 0 Å². The summed E-state index contributed by atoms with van der Waals surface area (Å²) in [6.07, 6.45) is -0.412. The van der Waals surface area contributed by atoms with Crippen LogP contribution in [0.1, 0.15) is 61.9 Å². The fourth-order valence-corrected chi connectivity index (χ4v) is 6.19. The van der Waals surface area contributed by atoms with Crippen LogP contribution in [-0.4, -0.2) is 76.8 Å².